The number of benzene rings is 1. The molecule has 1 aliphatic rings. The van der Waals surface area contributed by atoms with E-state index in [0.717, 1.165) is 6.07 Å². The Morgan fingerprint density at radius 3 is 2.47 bits per heavy atom. The summed E-state index contributed by atoms with van der Waals surface area (Å²) in [5.41, 5.74) is 6.31. The molecular formula is C12H18ClFN2O2S. The van der Waals surface area contributed by atoms with Crippen molar-refractivity contribution in [2.24, 2.45) is 5.73 Å². The van der Waals surface area contributed by atoms with Crippen LogP contribution in [-0.4, -0.2) is 31.9 Å². The average Bonchev–Trinajstić information content (AvgIpc) is 2.32. The van der Waals surface area contributed by atoms with Crippen LogP contribution >= 0.6 is 12.4 Å². The lowest BCUT2D eigenvalue weighted by Crippen LogP contribution is -2.42. The molecule has 108 valence electrons. The minimum atomic E-state index is -3.60. The first kappa shape index (κ1) is 16.4. The molecule has 0 radical (unpaired) electrons. The molecule has 0 bridgehead atoms. The second-order valence-electron chi connectivity index (χ2n) is 4.65. The zero-order valence-corrected chi connectivity index (χ0v) is 12.3. The monoisotopic (exact) mass is 308 g/mol. The second kappa shape index (κ2) is 6.17. The summed E-state index contributed by atoms with van der Waals surface area (Å²) in [4.78, 5) is 0.0537. The largest absolute Gasteiger partial charge is 0.328 e. The van der Waals surface area contributed by atoms with Gasteiger partial charge in [-0.05, 0) is 37.5 Å². The van der Waals surface area contributed by atoms with E-state index in [9.17, 15) is 12.8 Å². The van der Waals surface area contributed by atoms with E-state index in [1.165, 1.54) is 16.4 Å². The quantitative estimate of drug-likeness (QED) is 0.904. The number of rotatable bonds is 2. The van der Waals surface area contributed by atoms with Crippen molar-refractivity contribution in [3.05, 3.63) is 29.6 Å². The number of piperidine rings is 1. The lowest BCUT2D eigenvalue weighted by Gasteiger charge is -2.29. The first-order chi connectivity index (χ1) is 8.41. The molecule has 0 amide bonds. The van der Waals surface area contributed by atoms with Gasteiger partial charge in [-0.2, -0.15) is 4.31 Å². The number of nitrogens with zero attached hydrogens (tertiary/aromatic N) is 1. The molecule has 1 aromatic carbocycles. The molecule has 1 heterocycles. The number of sulfonamides is 1. The molecule has 4 nitrogen and oxygen atoms in total. The number of nitrogens with two attached hydrogens (primary N) is 1. The van der Waals surface area contributed by atoms with Gasteiger partial charge < -0.3 is 5.73 Å². The van der Waals surface area contributed by atoms with Gasteiger partial charge in [-0.15, -0.1) is 12.4 Å². The SMILES string of the molecule is Cc1ccc(F)cc1S(=O)(=O)N1CCC(N)CC1.Cl. The molecule has 0 aliphatic carbocycles. The van der Waals surface area contributed by atoms with Crippen LogP contribution in [0.3, 0.4) is 0 Å². The summed E-state index contributed by atoms with van der Waals surface area (Å²) < 4.78 is 39.4. The van der Waals surface area contributed by atoms with Crippen molar-refractivity contribution >= 4 is 22.4 Å². The first-order valence-electron chi connectivity index (χ1n) is 5.93. The fourth-order valence-corrected chi connectivity index (χ4v) is 3.81. The molecule has 0 saturated carbocycles. The van der Waals surface area contributed by atoms with Gasteiger partial charge in [0.05, 0.1) is 4.90 Å². The van der Waals surface area contributed by atoms with Crippen LogP contribution in [0.2, 0.25) is 0 Å². The van der Waals surface area contributed by atoms with Crippen LogP contribution in [0.4, 0.5) is 4.39 Å². The highest BCUT2D eigenvalue weighted by Gasteiger charge is 2.29. The molecule has 0 spiro atoms. The first-order valence-corrected chi connectivity index (χ1v) is 7.37. The summed E-state index contributed by atoms with van der Waals surface area (Å²) in [6.45, 7) is 2.47. The molecule has 1 saturated heterocycles. The summed E-state index contributed by atoms with van der Waals surface area (Å²) in [7, 11) is -3.60. The smallest absolute Gasteiger partial charge is 0.243 e. The summed E-state index contributed by atoms with van der Waals surface area (Å²) >= 11 is 0. The van der Waals surface area contributed by atoms with Crippen LogP contribution in [0, 0.1) is 12.7 Å². The molecular weight excluding hydrogens is 291 g/mol. The Morgan fingerprint density at radius 2 is 1.89 bits per heavy atom. The Labute approximate surface area is 119 Å². The number of hydrogen-bond donors (Lipinski definition) is 1. The van der Waals surface area contributed by atoms with E-state index in [4.69, 9.17) is 5.73 Å². The minimum Gasteiger partial charge on any atom is -0.328 e. The topological polar surface area (TPSA) is 63.4 Å². The van der Waals surface area contributed by atoms with Crippen molar-refractivity contribution in [2.75, 3.05) is 13.1 Å². The van der Waals surface area contributed by atoms with Crippen molar-refractivity contribution < 1.29 is 12.8 Å². The van der Waals surface area contributed by atoms with Crippen LogP contribution in [0.25, 0.3) is 0 Å². The van der Waals surface area contributed by atoms with Crippen LogP contribution in [0.1, 0.15) is 18.4 Å². The van der Waals surface area contributed by atoms with E-state index in [0.29, 0.717) is 31.5 Å². The molecule has 0 unspecified atom stereocenters. The molecule has 1 fully saturated rings. The molecule has 2 rings (SSSR count). The van der Waals surface area contributed by atoms with Crippen LogP contribution in [0.15, 0.2) is 23.1 Å². The summed E-state index contributed by atoms with van der Waals surface area (Å²) in [5, 5.41) is 0. The van der Waals surface area contributed by atoms with Crippen molar-refractivity contribution in [2.45, 2.75) is 30.7 Å². The van der Waals surface area contributed by atoms with E-state index in [2.05, 4.69) is 0 Å². The molecule has 1 aromatic rings. The maximum absolute atomic E-state index is 13.2. The molecule has 0 aromatic heterocycles. The molecule has 7 heteroatoms. The summed E-state index contributed by atoms with van der Waals surface area (Å²) in [6, 6.07) is 3.89. The molecule has 0 atom stereocenters. The van der Waals surface area contributed by atoms with Gasteiger partial charge in [-0.3, -0.25) is 0 Å². The lowest BCUT2D eigenvalue weighted by molar-refractivity contribution is 0.320. The van der Waals surface area contributed by atoms with Crippen LogP contribution < -0.4 is 5.73 Å². The Hall–Kier alpha value is -0.690. The highest BCUT2D eigenvalue weighted by molar-refractivity contribution is 7.89. The van der Waals surface area contributed by atoms with E-state index >= 15 is 0 Å². The predicted octanol–water partition coefficient (Wildman–Crippen LogP) is 1.67. The Bertz CT molecular complexity index is 543. The summed E-state index contributed by atoms with van der Waals surface area (Å²) in [6.07, 6.45) is 1.29. The fraction of sp³-hybridized carbons (Fsp3) is 0.500. The summed E-state index contributed by atoms with van der Waals surface area (Å²) in [5.74, 6) is -0.534. The van der Waals surface area contributed by atoms with E-state index in [-0.39, 0.29) is 23.3 Å². The fourth-order valence-electron chi connectivity index (χ4n) is 2.11. The maximum atomic E-state index is 13.2. The molecule has 2 N–H and O–H groups in total. The zero-order chi connectivity index (χ0) is 13.3. The average molecular weight is 309 g/mol. The van der Waals surface area contributed by atoms with Crippen molar-refractivity contribution in [3.63, 3.8) is 0 Å². The molecule has 19 heavy (non-hydrogen) atoms. The standard InChI is InChI=1S/C12H17FN2O2S.ClH/c1-9-2-3-10(13)8-12(9)18(16,17)15-6-4-11(14)5-7-15;/h2-3,8,11H,4-7,14H2,1H3;1H. The number of hydrogen-bond acceptors (Lipinski definition) is 3. The maximum Gasteiger partial charge on any atom is 0.243 e. The van der Waals surface area contributed by atoms with Gasteiger partial charge in [0, 0.05) is 19.1 Å². The third-order valence-electron chi connectivity index (χ3n) is 3.27. The minimum absolute atomic E-state index is 0. The van der Waals surface area contributed by atoms with Gasteiger partial charge in [0.25, 0.3) is 0 Å². The van der Waals surface area contributed by atoms with Gasteiger partial charge in [0.2, 0.25) is 10.0 Å². The Balaban J connectivity index is 0.00000180. The highest BCUT2D eigenvalue weighted by Crippen LogP contribution is 2.23. The van der Waals surface area contributed by atoms with Crippen molar-refractivity contribution in [1.82, 2.24) is 4.31 Å². The van der Waals surface area contributed by atoms with Gasteiger partial charge in [-0.1, -0.05) is 6.07 Å². The lowest BCUT2D eigenvalue weighted by atomic mass is 10.1. The van der Waals surface area contributed by atoms with Gasteiger partial charge >= 0.3 is 0 Å². The van der Waals surface area contributed by atoms with Crippen molar-refractivity contribution in [3.8, 4) is 0 Å². The van der Waals surface area contributed by atoms with E-state index in [1.807, 2.05) is 0 Å². The van der Waals surface area contributed by atoms with Gasteiger partial charge in [-0.25, -0.2) is 12.8 Å². The highest BCUT2D eigenvalue weighted by atomic mass is 35.5. The molecule has 1 aliphatic heterocycles. The van der Waals surface area contributed by atoms with Crippen LogP contribution in [-0.2, 0) is 10.0 Å². The normalized spacial score (nSPS) is 18.1. The third-order valence-corrected chi connectivity index (χ3v) is 5.31. The Kier molecular flexibility index (Phi) is 5.32. The predicted molar refractivity (Wildman–Crippen MR) is 74.4 cm³/mol. The van der Waals surface area contributed by atoms with E-state index < -0.39 is 15.8 Å². The number of halogens is 2. The van der Waals surface area contributed by atoms with Gasteiger partial charge in [0.15, 0.2) is 0 Å². The zero-order valence-electron chi connectivity index (χ0n) is 10.7. The van der Waals surface area contributed by atoms with Crippen molar-refractivity contribution in [1.29, 1.82) is 0 Å². The Morgan fingerprint density at radius 1 is 1.32 bits per heavy atom. The van der Waals surface area contributed by atoms with Gasteiger partial charge in [0.1, 0.15) is 5.82 Å². The number of aryl methyl sites for hydroxylation is 1. The third kappa shape index (κ3) is 3.45. The second-order valence-corrected chi connectivity index (χ2v) is 6.56. The van der Waals surface area contributed by atoms with E-state index in [1.54, 1.807) is 6.92 Å². The van der Waals surface area contributed by atoms with Crippen LogP contribution in [0.5, 0.6) is 0 Å².